The van der Waals surface area contributed by atoms with Crippen LogP contribution in [0.15, 0.2) is 47.1 Å². The number of pyridine rings is 1. The Morgan fingerprint density at radius 2 is 2.15 bits per heavy atom. The van der Waals surface area contributed by atoms with Gasteiger partial charge in [0.2, 0.25) is 11.8 Å². The van der Waals surface area contributed by atoms with Crippen molar-refractivity contribution in [2.75, 3.05) is 18.6 Å². The second-order valence-electron chi connectivity index (χ2n) is 7.73. The van der Waals surface area contributed by atoms with Gasteiger partial charge in [0.05, 0.1) is 19.6 Å². The van der Waals surface area contributed by atoms with Gasteiger partial charge in [-0.1, -0.05) is 11.2 Å². The van der Waals surface area contributed by atoms with Crippen molar-refractivity contribution in [1.82, 2.24) is 30.1 Å². The van der Waals surface area contributed by atoms with E-state index >= 15 is 0 Å². The van der Waals surface area contributed by atoms with Crippen LogP contribution in [0, 0.1) is 12.8 Å². The van der Waals surface area contributed by atoms with E-state index in [0.717, 1.165) is 5.56 Å². The number of hydrogen-bond donors (Lipinski definition) is 1. The average molecular weight is 447 g/mol. The second kappa shape index (κ2) is 8.34. The Morgan fingerprint density at radius 1 is 1.27 bits per heavy atom. The van der Waals surface area contributed by atoms with Gasteiger partial charge in [-0.3, -0.25) is 14.0 Å². The maximum absolute atomic E-state index is 12.8. The van der Waals surface area contributed by atoms with Crippen LogP contribution in [0.4, 0.5) is 5.69 Å². The van der Waals surface area contributed by atoms with Crippen LogP contribution < -0.4 is 15.0 Å². The Morgan fingerprint density at radius 3 is 2.94 bits per heavy atom. The molecule has 1 atom stereocenters. The summed E-state index contributed by atoms with van der Waals surface area (Å²) in [6.07, 6.45) is 1.94. The van der Waals surface area contributed by atoms with E-state index in [-0.39, 0.29) is 24.8 Å². The molecule has 0 aliphatic carbocycles. The molecule has 4 heterocycles. The zero-order valence-corrected chi connectivity index (χ0v) is 18.1. The van der Waals surface area contributed by atoms with Gasteiger partial charge in [0.25, 0.3) is 5.89 Å². The molecular weight excluding hydrogens is 426 g/mol. The molecule has 11 heteroatoms. The smallest absolute Gasteiger partial charge is 0.258 e. The third-order valence-corrected chi connectivity index (χ3v) is 5.54. The number of ether oxygens (including phenoxy) is 1. The highest BCUT2D eigenvalue weighted by molar-refractivity contribution is 6.00. The van der Waals surface area contributed by atoms with Gasteiger partial charge < -0.3 is 19.5 Å². The molecule has 1 N–H and O–H groups in total. The molecule has 11 nitrogen and oxygen atoms in total. The Labute approximate surface area is 188 Å². The van der Waals surface area contributed by atoms with Gasteiger partial charge in [0, 0.05) is 36.5 Å². The van der Waals surface area contributed by atoms with Crippen LogP contribution in [-0.2, 0) is 16.1 Å². The number of methoxy groups -OCH3 is 1. The zero-order chi connectivity index (χ0) is 22.9. The Balaban J connectivity index is 1.25. The van der Waals surface area contributed by atoms with E-state index in [9.17, 15) is 9.59 Å². The minimum atomic E-state index is -0.449. The first kappa shape index (κ1) is 20.6. The van der Waals surface area contributed by atoms with E-state index in [0.29, 0.717) is 41.2 Å². The van der Waals surface area contributed by atoms with Gasteiger partial charge in [-0.15, -0.1) is 10.2 Å². The number of rotatable bonds is 6. The van der Waals surface area contributed by atoms with Crippen molar-refractivity contribution in [3.05, 3.63) is 54.2 Å². The van der Waals surface area contributed by atoms with Crippen molar-refractivity contribution in [3.8, 4) is 17.2 Å². The molecule has 4 aromatic rings. The number of nitrogens with one attached hydrogen (secondary N) is 1. The molecule has 5 rings (SSSR count). The highest BCUT2D eigenvalue weighted by Crippen LogP contribution is 2.28. The first-order valence-electron chi connectivity index (χ1n) is 10.4. The van der Waals surface area contributed by atoms with Crippen LogP contribution in [0.25, 0.3) is 17.1 Å². The van der Waals surface area contributed by atoms with E-state index in [1.807, 2.05) is 24.3 Å². The summed E-state index contributed by atoms with van der Waals surface area (Å²) in [5.41, 5.74) is 2.03. The summed E-state index contributed by atoms with van der Waals surface area (Å²) in [6.45, 7) is 2.24. The first-order chi connectivity index (χ1) is 16.0. The molecule has 0 radical (unpaired) electrons. The van der Waals surface area contributed by atoms with Gasteiger partial charge in [0.15, 0.2) is 17.3 Å². The van der Waals surface area contributed by atoms with Crippen LogP contribution in [0.3, 0.4) is 0 Å². The molecule has 0 spiro atoms. The fourth-order valence-corrected chi connectivity index (χ4v) is 3.83. The van der Waals surface area contributed by atoms with Gasteiger partial charge >= 0.3 is 0 Å². The van der Waals surface area contributed by atoms with E-state index in [4.69, 9.17) is 9.26 Å². The summed E-state index contributed by atoms with van der Waals surface area (Å²) >= 11 is 0. The molecule has 0 bridgehead atoms. The Hall–Kier alpha value is -4.28. The minimum Gasteiger partial charge on any atom is -0.497 e. The second-order valence-corrected chi connectivity index (χ2v) is 7.73. The monoisotopic (exact) mass is 447 g/mol. The fraction of sp³-hybridized carbons (Fsp3) is 0.273. The van der Waals surface area contributed by atoms with Crippen LogP contribution >= 0.6 is 0 Å². The molecule has 0 saturated carbocycles. The zero-order valence-electron chi connectivity index (χ0n) is 18.1. The number of fused-ring (bicyclic) bond motifs is 1. The molecule has 1 saturated heterocycles. The largest absolute Gasteiger partial charge is 0.497 e. The standard InChI is InChI=1S/C22H21N7O4/c1-13-24-22(33-27-13)14-6-7-28-18(8-14)25-26-19(28)11-23-21(31)15-9-20(30)29(12-15)16-4-3-5-17(10-16)32-2/h3-8,10,15H,9,11-12H2,1-2H3,(H,23,31)/t15-/m0/s1. The lowest BCUT2D eigenvalue weighted by atomic mass is 10.1. The molecule has 2 amide bonds. The van der Waals surface area contributed by atoms with E-state index in [1.54, 1.807) is 41.7 Å². The maximum Gasteiger partial charge on any atom is 0.258 e. The van der Waals surface area contributed by atoms with Crippen LogP contribution in [-0.4, -0.2) is 50.2 Å². The molecule has 33 heavy (non-hydrogen) atoms. The lowest BCUT2D eigenvalue weighted by Crippen LogP contribution is -2.33. The van der Waals surface area contributed by atoms with Crippen molar-refractivity contribution in [3.63, 3.8) is 0 Å². The average Bonchev–Trinajstić information content (AvgIpc) is 3.55. The molecule has 1 aliphatic rings. The van der Waals surface area contributed by atoms with Gasteiger partial charge in [-0.2, -0.15) is 4.98 Å². The third-order valence-electron chi connectivity index (χ3n) is 5.54. The number of anilines is 1. The van der Waals surface area contributed by atoms with E-state index in [2.05, 4.69) is 25.7 Å². The summed E-state index contributed by atoms with van der Waals surface area (Å²) in [4.78, 5) is 31.1. The molecule has 1 aliphatic heterocycles. The number of nitrogens with zero attached hydrogens (tertiary/aromatic N) is 6. The third kappa shape index (κ3) is 4.00. The molecule has 0 unspecified atom stereocenters. The summed E-state index contributed by atoms with van der Waals surface area (Å²) in [5, 5.41) is 15.0. The van der Waals surface area contributed by atoms with Crippen molar-refractivity contribution in [2.45, 2.75) is 19.9 Å². The molecule has 168 valence electrons. The highest BCUT2D eigenvalue weighted by atomic mass is 16.5. The lowest BCUT2D eigenvalue weighted by molar-refractivity contribution is -0.126. The van der Waals surface area contributed by atoms with Gasteiger partial charge in [-0.25, -0.2) is 0 Å². The van der Waals surface area contributed by atoms with Gasteiger partial charge in [-0.05, 0) is 31.2 Å². The van der Waals surface area contributed by atoms with Crippen molar-refractivity contribution >= 4 is 23.1 Å². The fourth-order valence-electron chi connectivity index (χ4n) is 3.83. The van der Waals surface area contributed by atoms with Crippen molar-refractivity contribution in [2.24, 2.45) is 5.92 Å². The number of aromatic nitrogens is 5. The SMILES string of the molecule is COc1cccc(N2C[C@@H](C(=O)NCc3nnc4cc(-c5nc(C)no5)ccn34)CC2=O)c1. The highest BCUT2D eigenvalue weighted by Gasteiger charge is 2.35. The summed E-state index contributed by atoms with van der Waals surface area (Å²) in [7, 11) is 1.57. The molecule has 3 aromatic heterocycles. The lowest BCUT2D eigenvalue weighted by Gasteiger charge is -2.17. The topological polar surface area (TPSA) is 128 Å². The maximum atomic E-state index is 12.8. The number of benzene rings is 1. The summed E-state index contributed by atoms with van der Waals surface area (Å²) in [6, 6.07) is 10.8. The van der Waals surface area contributed by atoms with E-state index in [1.165, 1.54) is 0 Å². The molecular formula is C22H21N7O4. The molecule has 1 aromatic carbocycles. The normalized spacial score (nSPS) is 15.9. The number of carbonyl (C=O) groups is 2. The summed E-state index contributed by atoms with van der Waals surface area (Å²) < 4.78 is 12.2. The van der Waals surface area contributed by atoms with E-state index < -0.39 is 5.92 Å². The number of aryl methyl sites for hydroxylation is 1. The van der Waals surface area contributed by atoms with Crippen LogP contribution in [0.5, 0.6) is 5.75 Å². The van der Waals surface area contributed by atoms with Crippen LogP contribution in [0.1, 0.15) is 18.1 Å². The predicted molar refractivity (Wildman–Crippen MR) is 116 cm³/mol. The predicted octanol–water partition coefficient (Wildman–Crippen LogP) is 1.77. The van der Waals surface area contributed by atoms with Crippen molar-refractivity contribution < 1.29 is 18.8 Å². The van der Waals surface area contributed by atoms with Crippen molar-refractivity contribution in [1.29, 1.82) is 0 Å². The Kier molecular flexibility index (Phi) is 5.21. The number of hydrogen-bond acceptors (Lipinski definition) is 8. The van der Waals surface area contributed by atoms with Gasteiger partial charge in [0.1, 0.15) is 5.75 Å². The Bertz CT molecular complexity index is 1350. The number of carbonyl (C=O) groups excluding carboxylic acids is 2. The van der Waals surface area contributed by atoms with Crippen LogP contribution in [0.2, 0.25) is 0 Å². The molecule has 1 fully saturated rings. The number of amides is 2. The minimum absolute atomic E-state index is 0.0971. The quantitative estimate of drug-likeness (QED) is 0.474. The first-order valence-corrected chi connectivity index (χ1v) is 10.4. The summed E-state index contributed by atoms with van der Waals surface area (Å²) in [5.74, 6) is 1.42.